The molecule has 2 heterocycles. The molecule has 0 radical (unpaired) electrons. The van der Waals surface area contributed by atoms with Crippen LogP contribution in [0.1, 0.15) is 39.8 Å². The highest BCUT2D eigenvalue weighted by Gasteiger charge is 2.30. The average molecular weight is 410 g/mol. The van der Waals surface area contributed by atoms with Crippen LogP contribution in [0, 0.1) is 0 Å². The molecule has 1 amide bonds. The molecule has 0 bridgehead atoms. The molecule has 3 aromatic rings. The summed E-state index contributed by atoms with van der Waals surface area (Å²) < 4.78 is 5.29. The molecule has 0 spiro atoms. The predicted octanol–water partition coefficient (Wildman–Crippen LogP) is 4.04. The zero-order valence-corrected chi connectivity index (χ0v) is 17.1. The number of hydrogen-bond acceptors (Lipinski definition) is 5. The van der Waals surface area contributed by atoms with Gasteiger partial charge in [0.05, 0.1) is 10.5 Å². The lowest BCUT2D eigenvalue weighted by Gasteiger charge is -2.32. The third-order valence-electron chi connectivity index (χ3n) is 5.39. The minimum Gasteiger partial charge on any atom is -0.388 e. The molecule has 1 aliphatic rings. The zero-order valence-electron chi connectivity index (χ0n) is 16.2. The first kappa shape index (κ1) is 19.8. The Morgan fingerprint density at radius 2 is 1.79 bits per heavy atom. The number of carbonyl (C=O) groups excluding carboxylic acids is 2. The van der Waals surface area contributed by atoms with Gasteiger partial charge < -0.3 is 15.2 Å². The third kappa shape index (κ3) is 4.10. The van der Waals surface area contributed by atoms with Gasteiger partial charge in [-0.25, -0.2) is 0 Å². The quantitative estimate of drug-likeness (QED) is 0.624. The number of carbonyl (C=O) groups is 2. The molecule has 2 N–H and O–H groups in total. The van der Waals surface area contributed by atoms with Gasteiger partial charge >= 0.3 is 0 Å². The lowest BCUT2D eigenvalue weighted by Crippen LogP contribution is -2.46. The number of amides is 1. The van der Waals surface area contributed by atoms with Crippen LogP contribution in [0.4, 0.5) is 0 Å². The Kier molecular flexibility index (Phi) is 5.50. The van der Waals surface area contributed by atoms with Gasteiger partial charge in [-0.1, -0.05) is 30.3 Å². The number of ketones is 1. The maximum atomic E-state index is 12.9. The van der Waals surface area contributed by atoms with E-state index in [0.717, 1.165) is 26.1 Å². The molecule has 1 aliphatic heterocycles. The Hall–Kier alpha value is -2.54. The van der Waals surface area contributed by atoms with E-state index in [1.165, 1.54) is 11.3 Å². The van der Waals surface area contributed by atoms with E-state index in [2.05, 4.69) is 5.32 Å². The van der Waals surface area contributed by atoms with Crippen molar-refractivity contribution in [3.05, 3.63) is 59.0 Å². The highest BCUT2D eigenvalue weighted by Crippen LogP contribution is 2.35. The minimum absolute atomic E-state index is 0.0487. The first-order valence-electron chi connectivity index (χ1n) is 9.68. The van der Waals surface area contributed by atoms with E-state index >= 15 is 0 Å². The van der Waals surface area contributed by atoms with Crippen LogP contribution in [0.25, 0.3) is 21.2 Å². The molecule has 6 heteroatoms. The molecule has 1 aromatic heterocycles. The van der Waals surface area contributed by atoms with Crippen LogP contribution in [0.15, 0.2) is 48.5 Å². The number of hydrogen-bond donors (Lipinski definition) is 2. The van der Waals surface area contributed by atoms with E-state index in [9.17, 15) is 14.7 Å². The van der Waals surface area contributed by atoms with Crippen LogP contribution in [-0.2, 0) is 4.74 Å². The van der Waals surface area contributed by atoms with Crippen molar-refractivity contribution < 1.29 is 19.4 Å². The van der Waals surface area contributed by atoms with Gasteiger partial charge in [-0.15, -0.1) is 11.3 Å². The van der Waals surface area contributed by atoms with Crippen molar-refractivity contribution >= 4 is 33.8 Å². The van der Waals surface area contributed by atoms with Gasteiger partial charge in [0, 0.05) is 43.0 Å². The summed E-state index contributed by atoms with van der Waals surface area (Å²) in [5.41, 5.74) is 0.657. The molecule has 2 aromatic carbocycles. The first-order chi connectivity index (χ1) is 14.0. The van der Waals surface area contributed by atoms with Crippen LogP contribution in [0.5, 0.6) is 0 Å². The molecule has 5 nitrogen and oxygen atoms in total. The zero-order chi connectivity index (χ0) is 20.4. The Labute approximate surface area is 173 Å². The Balaban J connectivity index is 1.63. The first-order valence-corrected chi connectivity index (χ1v) is 10.5. The fourth-order valence-corrected chi connectivity index (χ4v) is 4.60. The van der Waals surface area contributed by atoms with Gasteiger partial charge in [-0.3, -0.25) is 9.59 Å². The molecule has 4 rings (SSSR count). The van der Waals surface area contributed by atoms with Crippen LogP contribution >= 0.6 is 11.3 Å². The van der Waals surface area contributed by atoms with Crippen molar-refractivity contribution in [1.82, 2.24) is 5.32 Å². The SMILES string of the molecule is CC(=O)c1ccc(-c2cccc3c(C(=O)NCC4(O)CCOCC4)cccc23)s1. The maximum Gasteiger partial charge on any atom is 0.252 e. The lowest BCUT2D eigenvalue weighted by atomic mass is 9.94. The van der Waals surface area contributed by atoms with Gasteiger partial charge in [0.2, 0.25) is 0 Å². The molecule has 0 atom stereocenters. The van der Waals surface area contributed by atoms with Crippen molar-refractivity contribution in [3.8, 4) is 10.4 Å². The lowest BCUT2D eigenvalue weighted by molar-refractivity contribution is -0.0605. The van der Waals surface area contributed by atoms with Crippen LogP contribution in [-0.4, -0.2) is 42.2 Å². The summed E-state index contributed by atoms with van der Waals surface area (Å²) in [6.45, 7) is 2.78. The highest BCUT2D eigenvalue weighted by atomic mass is 32.1. The largest absolute Gasteiger partial charge is 0.388 e. The van der Waals surface area contributed by atoms with E-state index in [-0.39, 0.29) is 18.2 Å². The summed E-state index contributed by atoms with van der Waals surface area (Å²) in [7, 11) is 0. The Bertz CT molecular complexity index is 1070. The third-order valence-corrected chi connectivity index (χ3v) is 6.61. The van der Waals surface area contributed by atoms with Crippen LogP contribution in [0.3, 0.4) is 0 Å². The van der Waals surface area contributed by atoms with Crippen molar-refractivity contribution in [2.75, 3.05) is 19.8 Å². The summed E-state index contributed by atoms with van der Waals surface area (Å²) >= 11 is 1.46. The second-order valence-electron chi connectivity index (χ2n) is 7.45. The van der Waals surface area contributed by atoms with Gasteiger partial charge in [-0.2, -0.15) is 0 Å². The van der Waals surface area contributed by atoms with Gasteiger partial charge in [-0.05, 0) is 41.5 Å². The smallest absolute Gasteiger partial charge is 0.252 e. The summed E-state index contributed by atoms with van der Waals surface area (Å²) in [5, 5.41) is 15.3. The fourth-order valence-electron chi connectivity index (χ4n) is 3.66. The monoisotopic (exact) mass is 409 g/mol. The number of Topliss-reactive ketones (excluding diaryl/α,β-unsaturated/α-hetero) is 1. The van der Waals surface area contributed by atoms with E-state index in [1.807, 2.05) is 42.5 Å². The Morgan fingerprint density at radius 1 is 1.07 bits per heavy atom. The summed E-state index contributed by atoms with van der Waals surface area (Å²) in [6, 6.07) is 15.3. The summed E-state index contributed by atoms with van der Waals surface area (Å²) in [4.78, 5) is 26.3. The minimum atomic E-state index is -0.913. The molecular weight excluding hydrogens is 386 g/mol. The molecule has 1 fully saturated rings. The van der Waals surface area contributed by atoms with Crippen molar-refractivity contribution in [3.63, 3.8) is 0 Å². The number of benzene rings is 2. The number of fused-ring (bicyclic) bond motifs is 1. The van der Waals surface area contributed by atoms with E-state index in [0.29, 0.717) is 31.6 Å². The second-order valence-corrected chi connectivity index (χ2v) is 8.53. The molecular formula is C23H23NO4S. The number of ether oxygens (including phenoxy) is 1. The van der Waals surface area contributed by atoms with E-state index in [1.54, 1.807) is 13.0 Å². The number of nitrogens with one attached hydrogen (secondary N) is 1. The predicted molar refractivity (Wildman–Crippen MR) is 115 cm³/mol. The van der Waals surface area contributed by atoms with Gasteiger partial charge in [0.15, 0.2) is 5.78 Å². The number of aliphatic hydroxyl groups is 1. The van der Waals surface area contributed by atoms with E-state index in [4.69, 9.17) is 4.74 Å². The number of thiophene rings is 1. The molecule has 150 valence electrons. The van der Waals surface area contributed by atoms with Crippen LogP contribution < -0.4 is 5.32 Å². The fraction of sp³-hybridized carbons (Fsp3) is 0.304. The molecule has 0 unspecified atom stereocenters. The second kappa shape index (κ2) is 8.06. The Morgan fingerprint density at radius 3 is 2.52 bits per heavy atom. The average Bonchev–Trinajstić information content (AvgIpc) is 3.22. The standard InChI is InChI=1S/C23H23NO4S/c1-15(25)20-8-9-21(29-20)18-6-2-5-17-16(18)4-3-7-19(17)22(26)24-14-23(27)10-12-28-13-11-23/h2-9,27H,10-14H2,1H3,(H,24,26). The molecule has 0 saturated carbocycles. The summed E-state index contributed by atoms with van der Waals surface area (Å²) in [6.07, 6.45) is 1.04. The van der Waals surface area contributed by atoms with E-state index < -0.39 is 5.60 Å². The van der Waals surface area contributed by atoms with Gasteiger partial charge in [0.25, 0.3) is 5.91 Å². The maximum absolute atomic E-state index is 12.9. The molecule has 29 heavy (non-hydrogen) atoms. The van der Waals surface area contributed by atoms with Gasteiger partial charge in [0.1, 0.15) is 0 Å². The normalized spacial score (nSPS) is 15.9. The topological polar surface area (TPSA) is 75.6 Å². The van der Waals surface area contributed by atoms with Crippen molar-refractivity contribution in [1.29, 1.82) is 0 Å². The molecule has 1 saturated heterocycles. The highest BCUT2D eigenvalue weighted by molar-refractivity contribution is 7.17. The van der Waals surface area contributed by atoms with Crippen molar-refractivity contribution in [2.24, 2.45) is 0 Å². The molecule has 0 aliphatic carbocycles. The number of rotatable bonds is 5. The van der Waals surface area contributed by atoms with Crippen molar-refractivity contribution in [2.45, 2.75) is 25.4 Å². The van der Waals surface area contributed by atoms with Crippen LogP contribution in [0.2, 0.25) is 0 Å². The summed E-state index contributed by atoms with van der Waals surface area (Å²) in [5.74, 6) is -0.157.